The molecule has 3 heteroatoms. The number of hydrogen-bond donors (Lipinski definition) is 0. The average molecular weight is 277 g/mol. The van der Waals surface area contributed by atoms with E-state index in [-0.39, 0.29) is 18.0 Å². The van der Waals surface area contributed by atoms with E-state index in [2.05, 4.69) is 18.7 Å². The number of carbonyl (C=O) groups is 1. The third-order valence-corrected chi connectivity index (χ3v) is 6.80. The Morgan fingerprint density at radius 1 is 1.20 bits per heavy atom. The van der Waals surface area contributed by atoms with Crippen molar-refractivity contribution in [3.05, 3.63) is 0 Å². The molecule has 0 aromatic heterocycles. The van der Waals surface area contributed by atoms with Gasteiger partial charge in [0.05, 0.1) is 5.92 Å². The van der Waals surface area contributed by atoms with Crippen molar-refractivity contribution in [3.63, 3.8) is 0 Å². The molecule has 3 heterocycles. The summed E-state index contributed by atoms with van der Waals surface area (Å²) in [5.74, 6) is 2.80. The number of hydrogen-bond acceptors (Lipinski definition) is 3. The molecule has 7 atom stereocenters. The van der Waals surface area contributed by atoms with E-state index in [0.717, 1.165) is 12.0 Å². The second-order valence-electron chi connectivity index (χ2n) is 7.48. The Kier molecular flexibility index (Phi) is 3.10. The van der Waals surface area contributed by atoms with Crippen LogP contribution in [0.3, 0.4) is 0 Å². The molecule has 4 fully saturated rings. The first kappa shape index (κ1) is 13.1. The summed E-state index contributed by atoms with van der Waals surface area (Å²) in [7, 11) is 0. The smallest absolute Gasteiger partial charge is 0.309 e. The van der Waals surface area contributed by atoms with Crippen LogP contribution in [0, 0.1) is 29.6 Å². The van der Waals surface area contributed by atoms with Crippen molar-refractivity contribution in [1.29, 1.82) is 0 Å². The van der Waals surface area contributed by atoms with Gasteiger partial charge in [-0.15, -0.1) is 0 Å². The monoisotopic (exact) mass is 277 g/mol. The Morgan fingerprint density at radius 2 is 2.05 bits per heavy atom. The highest BCUT2D eigenvalue weighted by Crippen LogP contribution is 2.55. The topological polar surface area (TPSA) is 29.5 Å². The number of esters is 1. The Hall–Kier alpha value is -0.570. The molecule has 20 heavy (non-hydrogen) atoms. The summed E-state index contributed by atoms with van der Waals surface area (Å²) in [4.78, 5) is 14.9. The molecule has 4 aliphatic rings. The molecular weight excluding hydrogens is 250 g/mol. The predicted molar refractivity (Wildman–Crippen MR) is 77.1 cm³/mol. The normalized spacial score (nSPS) is 51.3. The lowest BCUT2D eigenvalue weighted by Crippen LogP contribution is -2.53. The van der Waals surface area contributed by atoms with Gasteiger partial charge in [0.1, 0.15) is 6.10 Å². The van der Waals surface area contributed by atoms with E-state index < -0.39 is 0 Å². The van der Waals surface area contributed by atoms with E-state index in [1.807, 2.05) is 0 Å². The molecule has 0 unspecified atom stereocenters. The molecule has 3 saturated heterocycles. The van der Waals surface area contributed by atoms with Crippen LogP contribution in [0.1, 0.15) is 46.0 Å². The molecule has 3 aliphatic heterocycles. The zero-order chi connectivity index (χ0) is 13.9. The first-order valence-corrected chi connectivity index (χ1v) is 8.67. The fraction of sp³-hybridized carbons (Fsp3) is 0.941. The average Bonchev–Trinajstić information content (AvgIpc) is 2.89. The highest BCUT2D eigenvalue weighted by Gasteiger charge is 2.60. The van der Waals surface area contributed by atoms with Gasteiger partial charge in [0, 0.05) is 17.9 Å². The Morgan fingerprint density at radius 3 is 2.85 bits per heavy atom. The van der Waals surface area contributed by atoms with Gasteiger partial charge in [-0.25, -0.2) is 0 Å². The molecule has 1 aliphatic carbocycles. The van der Waals surface area contributed by atoms with Crippen molar-refractivity contribution >= 4 is 5.97 Å². The summed E-state index contributed by atoms with van der Waals surface area (Å²) in [5, 5.41) is 0. The SMILES string of the molecule is CC[C@@H]1[C@H]2CCCCN3CC[C@@H]([C@H]4[C@@H]1OC(=O)[C@H]4C)[C@H]23. The van der Waals surface area contributed by atoms with Crippen LogP contribution in [0.15, 0.2) is 0 Å². The predicted octanol–water partition coefficient (Wildman–Crippen LogP) is 2.69. The van der Waals surface area contributed by atoms with E-state index in [1.165, 1.54) is 45.2 Å². The molecule has 0 radical (unpaired) electrons. The van der Waals surface area contributed by atoms with Gasteiger partial charge in [0.25, 0.3) is 0 Å². The number of fused-ring (bicyclic) bond motifs is 2. The lowest BCUT2D eigenvalue weighted by atomic mass is 9.60. The van der Waals surface area contributed by atoms with Gasteiger partial charge >= 0.3 is 5.97 Å². The van der Waals surface area contributed by atoms with Gasteiger partial charge in [-0.1, -0.05) is 20.3 Å². The molecule has 0 amide bonds. The van der Waals surface area contributed by atoms with E-state index in [1.54, 1.807) is 0 Å². The molecule has 4 rings (SSSR count). The van der Waals surface area contributed by atoms with Crippen LogP contribution >= 0.6 is 0 Å². The summed E-state index contributed by atoms with van der Waals surface area (Å²) < 4.78 is 5.86. The highest BCUT2D eigenvalue weighted by atomic mass is 16.6. The zero-order valence-corrected chi connectivity index (χ0v) is 12.8. The Balaban J connectivity index is 1.74. The lowest BCUT2D eigenvalue weighted by Gasteiger charge is -2.48. The summed E-state index contributed by atoms with van der Waals surface area (Å²) in [6.07, 6.45) is 6.77. The van der Waals surface area contributed by atoms with Gasteiger partial charge in [0.15, 0.2) is 0 Å². The molecule has 0 aromatic carbocycles. The Labute approximate surface area is 122 Å². The van der Waals surface area contributed by atoms with E-state index in [9.17, 15) is 4.79 Å². The van der Waals surface area contributed by atoms with Gasteiger partial charge in [-0.05, 0) is 50.6 Å². The Bertz CT molecular complexity index is 410. The van der Waals surface area contributed by atoms with Gasteiger partial charge in [-0.2, -0.15) is 0 Å². The molecule has 112 valence electrons. The number of ether oxygens (including phenoxy) is 1. The van der Waals surface area contributed by atoms with Crippen LogP contribution in [0.25, 0.3) is 0 Å². The van der Waals surface area contributed by atoms with Crippen molar-refractivity contribution in [2.45, 2.75) is 58.1 Å². The first-order valence-electron chi connectivity index (χ1n) is 8.67. The van der Waals surface area contributed by atoms with Crippen LogP contribution in [-0.2, 0) is 9.53 Å². The standard InChI is InChI=1S/C17H27NO2/c1-3-11-12-6-4-5-8-18-9-7-13(15(12)18)14-10(2)17(19)20-16(11)14/h10-16H,3-9H2,1-2H3/t10-,11+,12+,13-,14-,15-,16+/m0/s1. The molecule has 3 nitrogen and oxygen atoms in total. The number of nitrogens with zero attached hydrogens (tertiary/aromatic N) is 1. The fourth-order valence-electron chi connectivity index (χ4n) is 6.04. The van der Waals surface area contributed by atoms with Crippen molar-refractivity contribution < 1.29 is 9.53 Å². The summed E-state index contributed by atoms with van der Waals surface area (Å²) >= 11 is 0. The van der Waals surface area contributed by atoms with Crippen molar-refractivity contribution in [2.75, 3.05) is 13.1 Å². The van der Waals surface area contributed by atoms with Crippen molar-refractivity contribution in [3.8, 4) is 0 Å². The van der Waals surface area contributed by atoms with Gasteiger partial charge < -0.3 is 4.74 Å². The summed E-state index contributed by atoms with van der Waals surface area (Å²) in [5.41, 5.74) is 0. The van der Waals surface area contributed by atoms with E-state index in [0.29, 0.717) is 17.8 Å². The molecule has 0 N–H and O–H groups in total. The third kappa shape index (κ3) is 1.65. The summed E-state index contributed by atoms with van der Waals surface area (Å²) in [6.45, 7) is 6.95. The highest BCUT2D eigenvalue weighted by molar-refractivity contribution is 5.75. The van der Waals surface area contributed by atoms with E-state index >= 15 is 0 Å². The van der Waals surface area contributed by atoms with E-state index in [4.69, 9.17) is 4.74 Å². The minimum atomic E-state index is 0.0772. The molecule has 0 spiro atoms. The minimum Gasteiger partial charge on any atom is -0.462 e. The van der Waals surface area contributed by atoms with Crippen LogP contribution in [0.5, 0.6) is 0 Å². The van der Waals surface area contributed by atoms with Crippen LogP contribution in [0.2, 0.25) is 0 Å². The van der Waals surface area contributed by atoms with Crippen LogP contribution < -0.4 is 0 Å². The van der Waals surface area contributed by atoms with Crippen LogP contribution in [0.4, 0.5) is 0 Å². The molecule has 1 saturated carbocycles. The van der Waals surface area contributed by atoms with Gasteiger partial charge in [-0.3, -0.25) is 9.69 Å². The number of carbonyl (C=O) groups excluding carboxylic acids is 1. The molecular formula is C17H27NO2. The largest absolute Gasteiger partial charge is 0.462 e. The second kappa shape index (κ2) is 4.72. The van der Waals surface area contributed by atoms with Crippen LogP contribution in [-0.4, -0.2) is 36.1 Å². The maximum atomic E-state index is 12.1. The molecule has 0 bridgehead atoms. The minimum absolute atomic E-state index is 0.0772. The summed E-state index contributed by atoms with van der Waals surface area (Å²) in [6, 6.07) is 0.751. The first-order chi connectivity index (χ1) is 9.72. The number of rotatable bonds is 1. The molecule has 0 aromatic rings. The zero-order valence-electron chi connectivity index (χ0n) is 12.8. The van der Waals surface area contributed by atoms with Crippen molar-refractivity contribution in [2.24, 2.45) is 29.6 Å². The second-order valence-corrected chi connectivity index (χ2v) is 7.48. The maximum Gasteiger partial charge on any atom is 0.309 e. The van der Waals surface area contributed by atoms with Gasteiger partial charge in [0.2, 0.25) is 0 Å². The fourth-order valence-corrected chi connectivity index (χ4v) is 6.04. The van der Waals surface area contributed by atoms with Crippen molar-refractivity contribution in [1.82, 2.24) is 4.90 Å². The quantitative estimate of drug-likeness (QED) is 0.690. The maximum absolute atomic E-state index is 12.1. The third-order valence-electron chi connectivity index (χ3n) is 6.80. The lowest BCUT2D eigenvalue weighted by molar-refractivity contribution is -0.148.